The van der Waals surface area contributed by atoms with Crippen LogP contribution in [0.15, 0.2) is 12.4 Å². The maximum atomic E-state index is 8.87. The van der Waals surface area contributed by atoms with Gasteiger partial charge in [-0.25, -0.2) is 9.97 Å². The maximum absolute atomic E-state index is 8.87. The first kappa shape index (κ1) is 11.7. The number of aliphatic hydroxyl groups is 2. The second kappa shape index (κ2) is 6.15. The van der Waals surface area contributed by atoms with Crippen molar-refractivity contribution in [3.8, 4) is 0 Å². The van der Waals surface area contributed by atoms with E-state index in [1.54, 1.807) is 18.0 Å². The first-order chi connectivity index (χ1) is 7.31. The van der Waals surface area contributed by atoms with Crippen molar-refractivity contribution in [3.63, 3.8) is 0 Å². The quantitative estimate of drug-likeness (QED) is 0.579. The first-order valence-corrected chi connectivity index (χ1v) is 4.78. The smallest absolute Gasteiger partial charge is 0.134 e. The molecule has 0 amide bonds. The number of aliphatic hydroxyl groups excluding tert-OH is 2. The van der Waals surface area contributed by atoms with Crippen molar-refractivity contribution in [2.75, 3.05) is 43.6 Å². The van der Waals surface area contributed by atoms with Crippen LogP contribution in [0.3, 0.4) is 0 Å². The maximum Gasteiger partial charge on any atom is 0.134 e. The Morgan fingerprint density at radius 1 is 1.27 bits per heavy atom. The third-order valence-corrected chi connectivity index (χ3v) is 1.97. The van der Waals surface area contributed by atoms with Gasteiger partial charge >= 0.3 is 0 Å². The van der Waals surface area contributed by atoms with Crippen molar-refractivity contribution in [2.24, 2.45) is 0 Å². The Morgan fingerprint density at radius 3 is 2.47 bits per heavy atom. The molecule has 1 rings (SSSR count). The van der Waals surface area contributed by atoms with Gasteiger partial charge in [-0.3, -0.25) is 0 Å². The van der Waals surface area contributed by atoms with Crippen LogP contribution < -0.4 is 10.2 Å². The summed E-state index contributed by atoms with van der Waals surface area (Å²) in [5.74, 6) is 1.40. The van der Waals surface area contributed by atoms with Crippen molar-refractivity contribution in [1.29, 1.82) is 0 Å². The molecule has 0 aromatic carbocycles. The van der Waals surface area contributed by atoms with E-state index in [1.165, 1.54) is 6.33 Å². The molecule has 0 fully saturated rings. The van der Waals surface area contributed by atoms with Gasteiger partial charge in [-0.05, 0) is 0 Å². The average molecular weight is 212 g/mol. The molecule has 0 unspecified atom stereocenters. The van der Waals surface area contributed by atoms with Gasteiger partial charge in [0.2, 0.25) is 0 Å². The van der Waals surface area contributed by atoms with Gasteiger partial charge in [0.15, 0.2) is 0 Å². The van der Waals surface area contributed by atoms with Crippen LogP contribution in [-0.4, -0.2) is 53.5 Å². The minimum atomic E-state index is 0.0267. The Morgan fingerprint density at radius 2 is 1.93 bits per heavy atom. The second-order valence-electron chi connectivity index (χ2n) is 2.95. The highest BCUT2D eigenvalue weighted by molar-refractivity contribution is 5.47. The van der Waals surface area contributed by atoms with Gasteiger partial charge < -0.3 is 20.4 Å². The van der Waals surface area contributed by atoms with Crippen LogP contribution in [0.5, 0.6) is 0 Å². The molecule has 6 heteroatoms. The lowest BCUT2D eigenvalue weighted by atomic mass is 10.4. The molecule has 0 saturated carbocycles. The topological polar surface area (TPSA) is 81.5 Å². The Balaban J connectivity index is 2.79. The molecule has 84 valence electrons. The van der Waals surface area contributed by atoms with E-state index in [0.717, 1.165) is 0 Å². The van der Waals surface area contributed by atoms with Crippen LogP contribution in [0.1, 0.15) is 0 Å². The van der Waals surface area contributed by atoms with Crippen molar-refractivity contribution in [3.05, 3.63) is 12.4 Å². The fourth-order valence-corrected chi connectivity index (χ4v) is 1.24. The molecule has 15 heavy (non-hydrogen) atoms. The number of nitrogens with one attached hydrogen (secondary N) is 1. The molecular weight excluding hydrogens is 196 g/mol. The van der Waals surface area contributed by atoms with Crippen molar-refractivity contribution in [2.45, 2.75) is 0 Å². The summed E-state index contributed by atoms with van der Waals surface area (Å²) in [4.78, 5) is 9.86. The molecule has 1 aromatic rings. The van der Waals surface area contributed by atoms with Gasteiger partial charge in [-0.1, -0.05) is 0 Å². The Bertz CT molecular complexity index is 289. The fraction of sp³-hybridized carbons (Fsp3) is 0.556. The van der Waals surface area contributed by atoms with Gasteiger partial charge in [0.25, 0.3) is 0 Å². The molecule has 0 radical (unpaired) electrons. The number of rotatable bonds is 6. The molecular formula is C9H16N4O2. The lowest BCUT2D eigenvalue weighted by Crippen LogP contribution is -2.30. The van der Waals surface area contributed by atoms with E-state index in [2.05, 4.69) is 15.3 Å². The van der Waals surface area contributed by atoms with E-state index >= 15 is 0 Å². The third kappa shape index (κ3) is 3.34. The highest BCUT2D eigenvalue weighted by atomic mass is 16.3. The molecule has 0 atom stereocenters. The molecule has 1 aromatic heterocycles. The molecule has 3 N–H and O–H groups in total. The zero-order chi connectivity index (χ0) is 11.1. The van der Waals surface area contributed by atoms with E-state index in [-0.39, 0.29) is 13.2 Å². The highest BCUT2D eigenvalue weighted by Gasteiger charge is 2.07. The standard InChI is InChI=1S/C9H16N4O2/c1-10-8-6-9(12-7-11-8)13(2-4-14)3-5-15/h6-7,14-15H,2-5H2,1H3,(H,10,11,12). The van der Waals surface area contributed by atoms with E-state index < -0.39 is 0 Å². The number of hydrogen-bond donors (Lipinski definition) is 3. The third-order valence-electron chi connectivity index (χ3n) is 1.97. The summed E-state index contributed by atoms with van der Waals surface area (Å²) in [6.07, 6.45) is 1.45. The summed E-state index contributed by atoms with van der Waals surface area (Å²) in [5.41, 5.74) is 0. The van der Waals surface area contributed by atoms with E-state index in [9.17, 15) is 0 Å². The van der Waals surface area contributed by atoms with Crippen LogP contribution in [0.4, 0.5) is 11.6 Å². The zero-order valence-electron chi connectivity index (χ0n) is 8.72. The molecule has 1 heterocycles. The summed E-state index contributed by atoms with van der Waals surface area (Å²) in [7, 11) is 1.77. The number of hydrogen-bond acceptors (Lipinski definition) is 6. The van der Waals surface area contributed by atoms with Crippen LogP contribution in [0.2, 0.25) is 0 Å². The fourth-order valence-electron chi connectivity index (χ4n) is 1.24. The minimum Gasteiger partial charge on any atom is -0.395 e. The Hall–Kier alpha value is -1.40. The summed E-state index contributed by atoms with van der Waals surface area (Å²) in [5, 5.41) is 20.6. The van der Waals surface area contributed by atoms with Gasteiger partial charge in [0.05, 0.1) is 13.2 Å². The number of nitrogens with zero attached hydrogens (tertiary/aromatic N) is 3. The normalized spacial score (nSPS) is 10.1. The predicted molar refractivity (Wildman–Crippen MR) is 58.0 cm³/mol. The predicted octanol–water partition coefficient (Wildman–Crippen LogP) is -0.691. The molecule has 6 nitrogen and oxygen atoms in total. The van der Waals surface area contributed by atoms with Crippen molar-refractivity contribution in [1.82, 2.24) is 9.97 Å². The van der Waals surface area contributed by atoms with E-state index in [1.807, 2.05) is 0 Å². The molecule has 0 bridgehead atoms. The van der Waals surface area contributed by atoms with Crippen LogP contribution in [-0.2, 0) is 0 Å². The molecule has 0 aliphatic carbocycles. The van der Waals surface area contributed by atoms with Crippen molar-refractivity contribution < 1.29 is 10.2 Å². The second-order valence-corrected chi connectivity index (χ2v) is 2.95. The average Bonchev–Trinajstić information content (AvgIpc) is 2.29. The van der Waals surface area contributed by atoms with E-state index in [0.29, 0.717) is 24.7 Å². The van der Waals surface area contributed by atoms with Gasteiger partial charge in [0.1, 0.15) is 18.0 Å². The lowest BCUT2D eigenvalue weighted by Gasteiger charge is -2.21. The monoisotopic (exact) mass is 212 g/mol. The molecule has 0 aliphatic heterocycles. The summed E-state index contributed by atoms with van der Waals surface area (Å²) in [6, 6.07) is 1.77. The van der Waals surface area contributed by atoms with Gasteiger partial charge in [0, 0.05) is 26.2 Å². The lowest BCUT2D eigenvalue weighted by molar-refractivity contribution is 0.280. The molecule has 0 saturated heterocycles. The number of anilines is 2. The van der Waals surface area contributed by atoms with Gasteiger partial charge in [-0.2, -0.15) is 0 Å². The SMILES string of the molecule is CNc1cc(N(CCO)CCO)ncn1. The largest absolute Gasteiger partial charge is 0.395 e. The Kier molecular flexibility index (Phi) is 4.79. The van der Waals surface area contributed by atoms with Crippen LogP contribution in [0, 0.1) is 0 Å². The van der Waals surface area contributed by atoms with Gasteiger partial charge in [-0.15, -0.1) is 0 Å². The summed E-state index contributed by atoms with van der Waals surface area (Å²) >= 11 is 0. The Labute approximate surface area is 88.6 Å². The summed E-state index contributed by atoms with van der Waals surface area (Å²) in [6.45, 7) is 0.944. The summed E-state index contributed by atoms with van der Waals surface area (Å²) < 4.78 is 0. The minimum absolute atomic E-state index is 0.0267. The number of aromatic nitrogens is 2. The highest BCUT2D eigenvalue weighted by Crippen LogP contribution is 2.12. The molecule has 0 aliphatic rings. The molecule has 0 spiro atoms. The first-order valence-electron chi connectivity index (χ1n) is 4.78. The van der Waals surface area contributed by atoms with Crippen molar-refractivity contribution >= 4 is 11.6 Å². The van der Waals surface area contributed by atoms with Crippen LogP contribution in [0.25, 0.3) is 0 Å². The van der Waals surface area contributed by atoms with Crippen LogP contribution >= 0.6 is 0 Å². The zero-order valence-corrected chi connectivity index (χ0v) is 8.72. The van der Waals surface area contributed by atoms with E-state index in [4.69, 9.17) is 10.2 Å².